The first-order valence-corrected chi connectivity index (χ1v) is 3.74. The third kappa shape index (κ3) is 3.13. The van der Waals surface area contributed by atoms with Crippen LogP contribution >= 0.6 is 0 Å². The van der Waals surface area contributed by atoms with Crippen LogP contribution in [0, 0.1) is 0 Å². The summed E-state index contributed by atoms with van der Waals surface area (Å²) in [5, 5.41) is 18.7. The van der Waals surface area contributed by atoms with E-state index in [1.165, 1.54) is 0 Å². The van der Waals surface area contributed by atoms with E-state index in [1.54, 1.807) is 24.3 Å². The number of hydrogen-bond donors (Lipinski definition) is 1. The molecule has 1 rings (SSSR count). The number of carboxylic acid groups (broad SMARTS) is 1. The van der Waals surface area contributed by atoms with Gasteiger partial charge in [-0.25, -0.2) is 9.90 Å². The average molecular weight is 181 g/mol. The van der Waals surface area contributed by atoms with Crippen molar-refractivity contribution in [2.24, 2.45) is 0 Å². The number of ether oxygens (including phenoxy) is 1. The van der Waals surface area contributed by atoms with Crippen molar-refractivity contribution in [1.29, 1.82) is 0 Å². The summed E-state index contributed by atoms with van der Waals surface area (Å²) in [5.41, 5.74) is 0.655. The predicted molar refractivity (Wildman–Crippen MR) is 44.0 cm³/mol. The van der Waals surface area contributed by atoms with E-state index in [1.807, 2.05) is 0 Å². The number of aliphatic carboxylic acids is 1. The van der Waals surface area contributed by atoms with Crippen molar-refractivity contribution in [3.63, 3.8) is 0 Å². The molecule has 0 fully saturated rings. The van der Waals surface area contributed by atoms with Gasteiger partial charge in [0.1, 0.15) is 12.4 Å². The quantitative estimate of drug-likeness (QED) is 0.755. The summed E-state index contributed by atoms with van der Waals surface area (Å²) in [7, 11) is 0. The van der Waals surface area contributed by atoms with Gasteiger partial charge in [0.25, 0.3) is 0 Å². The van der Waals surface area contributed by atoms with Gasteiger partial charge in [-0.1, -0.05) is 12.1 Å². The van der Waals surface area contributed by atoms with Crippen molar-refractivity contribution in [2.45, 2.75) is 6.61 Å². The van der Waals surface area contributed by atoms with Gasteiger partial charge < -0.3 is 9.84 Å². The number of carbonyl (C=O) groups is 1. The molecular weight excluding hydrogens is 172 g/mol. The Labute approximate surface area is 75.4 Å². The largest absolute Gasteiger partial charge is 0.482 e. The summed E-state index contributed by atoms with van der Waals surface area (Å²) in [4.78, 5) is 10.1. The Hall–Kier alpha value is -1.55. The first kappa shape index (κ1) is 9.54. The fraction of sp³-hybridized carbons (Fsp3) is 0.222. The van der Waals surface area contributed by atoms with Gasteiger partial charge in [-0.05, 0) is 17.7 Å². The molecular formula is C9H9O4. The number of hydrogen-bond acceptors (Lipinski definition) is 2. The molecule has 0 aliphatic carbocycles. The van der Waals surface area contributed by atoms with Crippen LogP contribution in [0.3, 0.4) is 0 Å². The molecule has 0 bridgehead atoms. The summed E-state index contributed by atoms with van der Waals surface area (Å²) in [5.74, 6) is -0.562. The zero-order valence-corrected chi connectivity index (χ0v) is 6.90. The molecule has 0 heterocycles. The van der Waals surface area contributed by atoms with Crippen LogP contribution in [0.5, 0.6) is 5.75 Å². The molecule has 1 radical (unpaired) electrons. The second-order valence-electron chi connectivity index (χ2n) is 2.47. The first-order valence-electron chi connectivity index (χ1n) is 3.74. The highest BCUT2D eigenvalue weighted by Crippen LogP contribution is 2.11. The van der Waals surface area contributed by atoms with Crippen LogP contribution < -0.4 is 4.74 Å². The number of carboxylic acids is 1. The highest BCUT2D eigenvalue weighted by molar-refractivity contribution is 5.68. The second kappa shape index (κ2) is 4.47. The molecule has 0 saturated heterocycles. The highest BCUT2D eigenvalue weighted by Gasteiger charge is 1.98. The van der Waals surface area contributed by atoms with Gasteiger partial charge >= 0.3 is 5.97 Å². The van der Waals surface area contributed by atoms with E-state index in [4.69, 9.17) is 9.84 Å². The standard InChI is InChI=1S/C9H9O4/c10-5-7-1-3-8(4-2-7)13-6-9(11)12/h1-4H,5-6H2,(H,11,12). The van der Waals surface area contributed by atoms with Crippen LogP contribution in [-0.4, -0.2) is 17.7 Å². The van der Waals surface area contributed by atoms with E-state index in [2.05, 4.69) is 0 Å². The lowest BCUT2D eigenvalue weighted by molar-refractivity contribution is -0.139. The molecule has 0 saturated carbocycles. The minimum Gasteiger partial charge on any atom is -0.482 e. The molecule has 1 aromatic rings. The van der Waals surface area contributed by atoms with Crippen molar-refractivity contribution < 1.29 is 19.7 Å². The first-order chi connectivity index (χ1) is 6.22. The van der Waals surface area contributed by atoms with Crippen LogP contribution in [0.4, 0.5) is 0 Å². The lowest BCUT2D eigenvalue weighted by Gasteiger charge is -2.02. The highest BCUT2D eigenvalue weighted by atomic mass is 16.5. The summed E-state index contributed by atoms with van der Waals surface area (Å²) >= 11 is 0. The Bertz CT molecular complexity index is 278. The van der Waals surface area contributed by atoms with Gasteiger partial charge in [-0.15, -0.1) is 0 Å². The van der Waals surface area contributed by atoms with Gasteiger partial charge in [-0.3, -0.25) is 0 Å². The zero-order chi connectivity index (χ0) is 9.68. The molecule has 0 aromatic heterocycles. The Morgan fingerprint density at radius 3 is 2.38 bits per heavy atom. The molecule has 0 amide bonds. The van der Waals surface area contributed by atoms with Crippen molar-refractivity contribution in [2.75, 3.05) is 6.61 Å². The maximum Gasteiger partial charge on any atom is 0.341 e. The number of rotatable bonds is 4. The Kier molecular flexibility index (Phi) is 3.28. The van der Waals surface area contributed by atoms with Gasteiger partial charge in [0.2, 0.25) is 0 Å². The molecule has 0 atom stereocenters. The van der Waals surface area contributed by atoms with Crippen LogP contribution in [0.25, 0.3) is 0 Å². The normalized spacial score (nSPS) is 9.62. The minimum atomic E-state index is -1.02. The predicted octanol–water partition coefficient (Wildman–Crippen LogP) is 1.08. The monoisotopic (exact) mass is 181 g/mol. The lowest BCUT2D eigenvalue weighted by atomic mass is 10.2. The van der Waals surface area contributed by atoms with E-state index < -0.39 is 5.97 Å². The number of benzene rings is 1. The third-order valence-corrected chi connectivity index (χ3v) is 1.45. The fourth-order valence-electron chi connectivity index (χ4n) is 0.827. The van der Waals surface area contributed by atoms with E-state index in [0.29, 0.717) is 11.3 Å². The van der Waals surface area contributed by atoms with Gasteiger partial charge in [0, 0.05) is 0 Å². The molecule has 4 nitrogen and oxygen atoms in total. The van der Waals surface area contributed by atoms with E-state index in [9.17, 15) is 9.90 Å². The Morgan fingerprint density at radius 2 is 1.92 bits per heavy atom. The molecule has 0 spiro atoms. The van der Waals surface area contributed by atoms with Crippen molar-refractivity contribution in [3.05, 3.63) is 29.8 Å². The van der Waals surface area contributed by atoms with Gasteiger partial charge in [0.05, 0.1) is 0 Å². The second-order valence-corrected chi connectivity index (χ2v) is 2.47. The average Bonchev–Trinajstić information content (AvgIpc) is 2.15. The van der Waals surface area contributed by atoms with Crippen LogP contribution in [0.15, 0.2) is 24.3 Å². The molecule has 0 aliphatic heterocycles. The van der Waals surface area contributed by atoms with Crippen LogP contribution in [0.2, 0.25) is 0 Å². The van der Waals surface area contributed by atoms with Gasteiger partial charge in [0.15, 0.2) is 6.61 Å². The molecule has 0 unspecified atom stereocenters. The molecule has 1 aromatic carbocycles. The summed E-state index contributed by atoms with van der Waals surface area (Å²) in [6.45, 7) is -0.643. The smallest absolute Gasteiger partial charge is 0.341 e. The maximum absolute atomic E-state index is 10.4. The molecule has 69 valence electrons. The van der Waals surface area contributed by atoms with E-state index >= 15 is 0 Å². The Morgan fingerprint density at radius 1 is 1.31 bits per heavy atom. The minimum absolute atomic E-state index is 0.279. The third-order valence-electron chi connectivity index (χ3n) is 1.45. The fourth-order valence-corrected chi connectivity index (χ4v) is 0.827. The Balaban J connectivity index is 2.54. The topological polar surface area (TPSA) is 66.4 Å². The maximum atomic E-state index is 10.4. The summed E-state index contributed by atoms with van der Waals surface area (Å²) < 4.78 is 4.87. The van der Waals surface area contributed by atoms with Crippen molar-refractivity contribution >= 4 is 5.97 Å². The van der Waals surface area contributed by atoms with Crippen LogP contribution in [-0.2, 0) is 16.5 Å². The summed E-state index contributed by atoms with van der Waals surface area (Å²) in [6.07, 6.45) is 0. The SMILES string of the molecule is [O]Cc1ccc(OCC(=O)O)cc1. The van der Waals surface area contributed by atoms with E-state index in [0.717, 1.165) is 0 Å². The molecule has 13 heavy (non-hydrogen) atoms. The summed E-state index contributed by atoms with van der Waals surface area (Å²) in [6, 6.07) is 6.39. The van der Waals surface area contributed by atoms with Crippen molar-refractivity contribution in [1.82, 2.24) is 0 Å². The zero-order valence-electron chi connectivity index (χ0n) is 6.90. The van der Waals surface area contributed by atoms with E-state index in [-0.39, 0.29) is 13.2 Å². The van der Waals surface area contributed by atoms with Crippen molar-refractivity contribution in [3.8, 4) is 5.75 Å². The van der Waals surface area contributed by atoms with Gasteiger partial charge in [-0.2, -0.15) is 0 Å². The lowest BCUT2D eigenvalue weighted by Crippen LogP contribution is -2.09. The molecule has 4 heteroatoms. The van der Waals surface area contributed by atoms with Crippen LogP contribution in [0.1, 0.15) is 5.56 Å². The molecule has 1 N–H and O–H groups in total. The molecule has 0 aliphatic rings.